The Morgan fingerprint density at radius 2 is 1.97 bits per heavy atom. The van der Waals surface area contributed by atoms with E-state index in [0.29, 0.717) is 29.6 Å². The van der Waals surface area contributed by atoms with Gasteiger partial charge in [0.15, 0.2) is 11.5 Å². The Bertz CT molecular complexity index is 995. The first-order chi connectivity index (χ1) is 14.4. The van der Waals surface area contributed by atoms with E-state index in [1.54, 1.807) is 6.08 Å². The van der Waals surface area contributed by atoms with Crippen molar-refractivity contribution in [2.24, 2.45) is 0 Å². The average Bonchev–Trinajstić information content (AvgIpc) is 2.95. The van der Waals surface area contributed by atoms with Crippen molar-refractivity contribution < 1.29 is 19.1 Å². The number of halogens is 2. The Hall–Kier alpha value is -1.52. The lowest BCUT2D eigenvalue weighted by molar-refractivity contribution is -0.123. The number of amides is 2. The molecular weight excluding hydrogens is 581 g/mol. The van der Waals surface area contributed by atoms with E-state index in [9.17, 15) is 9.59 Å². The van der Waals surface area contributed by atoms with Gasteiger partial charge in [-0.2, -0.15) is 0 Å². The molecule has 0 bridgehead atoms. The maximum atomic E-state index is 12.9. The number of benzene rings is 2. The topological polar surface area (TPSA) is 55.8 Å². The zero-order valence-corrected chi connectivity index (χ0v) is 21.2. The number of hydrogen-bond acceptors (Lipinski definition) is 5. The zero-order valence-electron chi connectivity index (χ0n) is 16.6. The highest BCUT2D eigenvalue weighted by Gasteiger charge is 2.35. The van der Waals surface area contributed by atoms with E-state index >= 15 is 0 Å². The smallest absolute Gasteiger partial charge is 0.293 e. The van der Waals surface area contributed by atoms with Gasteiger partial charge in [0, 0.05) is 4.47 Å². The van der Waals surface area contributed by atoms with Crippen molar-refractivity contribution in [1.29, 1.82) is 0 Å². The summed E-state index contributed by atoms with van der Waals surface area (Å²) >= 11 is 6.57. The number of thioether (sulfide) groups is 1. The van der Waals surface area contributed by atoms with Gasteiger partial charge in [-0.3, -0.25) is 14.5 Å². The number of rotatable bonds is 8. The highest BCUT2D eigenvalue weighted by Crippen LogP contribution is 2.38. The van der Waals surface area contributed by atoms with Gasteiger partial charge >= 0.3 is 0 Å². The zero-order chi connectivity index (χ0) is 21.7. The Morgan fingerprint density at radius 1 is 1.17 bits per heavy atom. The Balaban J connectivity index is 1.85. The van der Waals surface area contributed by atoms with Crippen LogP contribution in [0.5, 0.6) is 11.5 Å². The molecule has 0 radical (unpaired) electrons. The van der Waals surface area contributed by atoms with E-state index in [4.69, 9.17) is 9.47 Å². The minimum absolute atomic E-state index is 0.243. The Kier molecular flexibility index (Phi) is 8.24. The molecule has 2 amide bonds. The Labute approximate surface area is 202 Å². The van der Waals surface area contributed by atoms with Crippen LogP contribution in [0.25, 0.3) is 6.08 Å². The molecule has 158 valence electrons. The number of carbonyl (C=O) groups is 2. The van der Waals surface area contributed by atoms with Gasteiger partial charge in [0.1, 0.15) is 0 Å². The Morgan fingerprint density at radius 3 is 2.67 bits per heavy atom. The van der Waals surface area contributed by atoms with Crippen molar-refractivity contribution in [2.75, 3.05) is 13.2 Å². The van der Waals surface area contributed by atoms with Crippen molar-refractivity contribution in [3.05, 3.63) is 60.5 Å². The molecule has 0 aliphatic carbocycles. The molecule has 1 heterocycles. The van der Waals surface area contributed by atoms with E-state index in [-0.39, 0.29) is 17.7 Å². The molecule has 5 nitrogen and oxygen atoms in total. The van der Waals surface area contributed by atoms with Gasteiger partial charge in [0.2, 0.25) is 0 Å². The molecule has 0 aromatic heterocycles. The van der Waals surface area contributed by atoms with Crippen LogP contribution in [-0.4, -0.2) is 29.3 Å². The molecule has 8 heteroatoms. The molecule has 0 spiro atoms. The molecular formula is C22H21BrINO4S. The van der Waals surface area contributed by atoms with Gasteiger partial charge in [0.25, 0.3) is 11.1 Å². The fourth-order valence-corrected chi connectivity index (χ4v) is 4.95. The van der Waals surface area contributed by atoms with Gasteiger partial charge < -0.3 is 9.47 Å². The van der Waals surface area contributed by atoms with E-state index in [1.807, 2.05) is 50.2 Å². The molecule has 1 saturated heterocycles. The fraction of sp³-hybridized carbons (Fsp3) is 0.273. The predicted molar refractivity (Wildman–Crippen MR) is 132 cm³/mol. The van der Waals surface area contributed by atoms with E-state index in [0.717, 1.165) is 37.4 Å². The summed E-state index contributed by atoms with van der Waals surface area (Å²) in [6.45, 7) is 5.31. The van der Waals surface area contributed by atoms with Crippen molar-refractivity contribution in [2.45, 2.75) is 26.8 Å². The molecule has 0 saturated carbocycles. The van der Waals surface area contributed by atoms with E-state index in [1.165, 1.54) is 4.90 Å². The molecule has 1 aliphatic heterocycles. The highest BCUT2D eigenvalue weighted by atomic mass is 127. The molecule has 0 N–H and O–H groups in total. The molecule has 2 aromatic carbocycles. The van der Waals surface area contributed by atoms with Gasteiger partial charge in [-0.25, -0.2) is 0 Å². The average molecular weight is 602 g/mol. The molecule has 1 fully saturated rings. The summed E-state index contributed by atoms with van der Waals surface area (Å²) in [5.41, 5.74) is 1.68. The molecule has 30 heavy (non-hydrogen) atoms. The number of imide groups is 1. The fourth-order valence-electron chi connectivity index (χ4n) is 2.88. The van der Waals surface area contributed by atoms with E-state index < -0.39 is 0 Å². The van der Waals surface area contributed by atoms with Crippen LogP contribution in [0.3, 0.4) is 0 Å². The lowest BCUT2D eigenvalue weighted by Crippen LogP contribution is -2.27. The van der Waals surface area contributed by atoms with E-state index in [2.05, 4.69) is 38.5 Å². The maximum absolute atomic E-state index is 12.9. The third-order valence-corrected chi connectivity index (χ3v) is 6.39. The van der Waals surface area contributed by atoms with Gasteiger partial charge in [-0.15, -0.1) is 0 Å². The summed E-state index contributed by atoms with van der Waals surface area (Å²) in [7, 11) is 0. The highest BCUT2D eigenvalue weighted by molar-refractivity contribution is 14.1. The largest absolute Gasteiger partial charge is 0.490 e. The van der Waals surface area contributed by atoms with Gasteiger partial charge in [-0.1, -0.05) is 35.0 Å². The SMILES string of the molecule is CCCOc1c(I)cc(/C=C2\SC(=O)N(Cc3cccc(Br)c3)C2=O)cc1OCC. The summed E-state index contributed by atoms with van der Waals surface area (Å²) in [6.07, 6.45) is 2.63. The number of ether oxygens (including phenoxy) is 2. The molecule has 0 atom stereocenters. The number of hydrogen-bond donors (Lipinski definition) is 0. The summed E-state index contributed by atoms with van der Waals surface area (Å²) in [4.78, 5) is 27.0. The molecule has 2 aromatic rings. The number of carbonyl (C=O) groups excluding carboxylic acids is 2. The second-order valence-electron chi connectivity index (χ2n) is 6.51. The van der Waals surface area contributed by atoms with Gasteiger partial charge in [0.05, 0.1) is 28.2 Å². The van der Waals surface area contributed by atoms with Crippen LogP contribution >= 0.6 is 50.3 Å². The third kappa shape index (κ3) is 5.59. The van der Waals surface area contributed by atoms with Crippen molar-refractivity contribution >= 4 is 67.5 Å². The summed E-state index contributed by atoms with van der Waals surface area (Å²) in [5.74, 6) is 1.06. The van der Waals surface area contributed by atoms with Crippen LogP contribution in [0.15, 0.2) is 45.8 Å². The minimum atomic E-state index is -0.288. The van der Waals surface area contributed by atoms with Crippen molar-refractivity contribution in [3.63, 3.8) is 0 Å². The summed E-state index contributed by atoms with van der Waals surface area (Å²) < 4.78 is 13.4. The third-order valence-electron chi connectivity index (χ3n) is 4.18. The standard InChI is InChI=1S/C22H21BrINO4S/c1-3-8-29-20-17(24)10-15(11-18(20)28-4-2)12-19-21(26)25(22(27)30-19)13-14-6-5-7-16(23)9-14/h5-7,9-12H,3-4,8,13H2,1-2H3/b19-12-. The summed E-state index contributed by atoms with van der Waals surface area (Å²) in [5, 5.41) is -0.270. The van der Waals surface area contributed by atoms with Crippen LogP contribution in [-0.2, 0) is 11.3 Å². The monoisotopic (exact) mass is 601 g/mol. The van der Waals surface area contributed by atoms with Crippen LogP contribution < -0.4 is 9.47 Å². The molecule has 0 unspecified atom stereocenters. The van der Waals surface area contributed by atoms with Crippen LogP contribution in [0, 0.1) is 3.57 Å². The normalized spacial score (nSPS) is 15.2. The summed E-state index contributed by atoms with van der Waals surface area (Å²) in [6, 6.07) is 11.4. The second-order valence-corrected chi connectivity index (χ2v) is 9.58. The first-order valence-corrected chi connectivity index (χ1v) is 12.2. The maximum Gasteiger partial charge on any atom is 0.293 e. The van der Waals surface area contributed by atoms with Crippen molar-refractivity contribution in [1.82, 2.24) is 4.90 Å². The molecule has 3 rings (SSSR count). The van der Waals surface area contributed by atoms with Crippen LogP contribution in [0.4, 0.5) is 4.79 Å². The van der Waals surface area contributed by atoms with Crippen LogP contribution in [0.2, 0.25) is 0 Å². The lowest BCUT2D eigenvalue weighted by Gasteiger charge is -2.14. The number of nitrogens with zero attached hydrogens (tertiary/aromatic N) is 1. The van der Waals surface area contributed by atoms with Crippen LogP contribution in [0.1, 0.15) is 31.4 Å². The first-order valence-electron chi connectivity index (χ1n) is 9.51. The predicted octanol–water partition coefficient (Wildman–Crippen LogP) is 6.48. The lowest BCUT2D eigenvalue weighted by atomic mass is 10.1. The molecule has 1 aliphatic rings. The quantitative estimate of drug-likeness (QED) is 0.256. The first kappa shape index (κ1) is 23.1. The second kappa shape index (κ2) is 10.7. The van der Waals surface area contributed by atoms with Crippen molar-refractivity contribution in [3.8, 4) is 11.5 Å². The van der Waals surface area contributed by atoms with Gasteiger partial charge in [-0.05, 0) is 89.2 Å². The minimum Gasteiger partial charge on any atom is -0.490 e.